The number of hydrogen-bond acceptors (Lipinski definition) is 6. The van der Waals surface area contributed by atoms with Gasteiger partial charge < -0.3 is 14.4 Å². The Balaban J connectivity index is 2.02. The zero-order valence-electron chi connectivity index (χ0n) is 10.6. The monoisotopic (exact) mass is 269 g/mol. The SMILES string of the molecule is COc1ccc(O)c(-c2nc(-c3cccnc3)no2)c1. The number of aromatic nitrogens is 3. The maximum Gasteiger partial charge on any atom is 0.262 e. The average molecular weight is 269 g/mol. The van der Waals surface area contributed by atoms with E-state index < -0.39 is 0 Å². The van der Waals surface area contributed by atoms with E-state index >= 15 is 0 Å². The third kappa shape index (κ3) is 2.18. The highest BCUT2D eigenvalue weighted by Gasteiger charge is 2.15. The Labute approximate surface area is 114 Å². The molecule has 0 saturated carbocycles. The van der Waals surface area contributed by atoms with Gasteiger partial charge in [-0.2, -0.15) is 4.98 Å². The van der Waals surface area contributed by atoms with E-state index in [1.807, 2.05) is 6.07 Å². The first kappa shape index (κ1) is 12.2. The molecule has 0 bridgehead atoms. The predicted octanol–water partition coefficient (Wildman–Crippen LogP) is 2.51. The first-order valence-corrected chi connectivity index (χ1v) is 5.89. The summed E-state index contributed by atoms with van der Waals surface area (Å²) in [4.78, 5) is 8.25. The van der Waals surface area contributed by atoms with Crippen molar-refractivity contribution in [2.24, 2.45) is 0 Å². The van der Waals surface area contributed by atoms with Gasteiger partial charge in [0.2, 0.25) is 5.82 Å². The molecule has 0 aliphatic rings. The lowest BCUT2D eigenvalue weighted by molar-refractivity contribution is 0.408. The largest absolute Gasteiger partial charge is 0.507 e. The normalized spacial score (nSPS) is 10.4. The summed E-state index contributed by atoms with van der Waals surface area (Å²) in [6.45, 7) is 0. The molecule has 3 aromatic rings. The molecule has 0 unspecified atom stereocenters. The molecule has 0 saturated heterocycles. The average Bonchev–Trinajstić information content (AvgIpc) is 2.98. The number of nitrogens with zero attached hydrogens (tertiary/aromatic N) is 3. The Hall–Kier alpha value is -2.89. The number of phenolic OH excluding ortho intramolecular Hbond substituents is 1. The standard InChI is InChI=1S/C14H11N3O3/c1-19-10-4-5-12(18)11(7-10)14-16-13(17-20-14)9-3-2-6-15-8-9/h2-8,18H,1H3. The molecule has 1 aromatic carbocycles. The zero-order valence-corrected chi connectivity index (χ0v) is 10.6. The minimum absolute atomic E-state index is 0.0483. The number of methoxy groups -OCH3 is 1. The van der Waals surface area contributed by atoms with Gasteiger partial charge in [0.05, 0.1) is 12.7 Å². The second-order valence-electron chi connectivity index (χ2n) is 4.05. The summed E-state index contributed by atoms with van der Waals surface area (Å²) in [6, 6.07) is 8.41. The van der Waals surface area contributed by atoms with E-state index in [-0.39, 0.29) is 11.6 Å². The van der Waals surface area contributed by atoms with Gasteiger partial charge in [0, 0.05) is 18.0 Å². The smallest absolute Gasteiger partial charge is 0.262 e. The van der Waals surface area contributed by atoms with Crippen molar-refractivity contribution in [2.45, 2.75) is 0 Å². The molecule has 6 nitrogen and oxygen atoms in total. The van der Waals surface area contributed by atoms with Gasteiger partial charge in [0.15, 0.2) is 0 Å². The summed E-state index contributed by atoms with van der Waals surface area (Å²) < 4.78 is 10.3. The van der Waals surface area contributed by atoms with Crippen molar-refractivity contribution in [3.05, 3.63) is 42.7 Å². The summed E-state index contributed by atoms with van der Waals surface area (Å²) >= 11 is 0. The van der Waals surface area contributed by atoms with Crippen LogP contribution in [-0.2, 0) is 0 Å². The molecule has 20 heavy (non-hydrogen) atoms. The van der Waals surface area contributed by atoms with Crippen molar-refractivity contribution in [1.29, 1.82) is 0 Å². The maximum atomic E-state index is 9.87. The topological polar surface area (TPSA) is 81.3 Å². The van der Waals surface area contributed by atoms with Gasteiger partial charge >= 0.3 is 0 Å². The highest BCUT2D eigenvalue weighted by Crippen LogP contribution is 2.32. The second kappa shape index (κ2) is 5.00. The highest BCUT2D eigenvalue weighted by molar-refractivity contribution is 5.66. The van der Waals surface area contributed by atoms with Gasteiger partial charge in [-0.05, 0) is 30.3 Å². The van der Waals surface area contributed by atoms with Crippen LogP contribution in [0, 0.1) is 0 Å². The lowest BCUT2D eigenvalue weighted by Gasteiger charge is -2.02. The van der Waals surface area contributed by atoms with E-state index in [0.29, 0.717) is 17.1 Å². The molecular weight excluding hydrogens is 258 g/mol. The van der Waals surface area contributed by atoms with Crippen molar-refractivity contribution in [3.63, 3.8) is 0 Å². The van der Waals surface area contributed by atoms with Crippen LogP contribution in [0.4, 0.5) is 0 Å². The molecule has 0 aliphatic carbocycles. The van der Waals surface area contributed by atoms with E-state index in [4.69, 9.17) is 9.26 Å². The van der Waals surface area contributed by atoms with Crippen LogP contribution < -0.4 is 4.74 Å². The number of benzene rings is 1. The molecule has 0 radical (unpaired) electrons. The van der Waals surface area contributed by atoms with E-state index in [2.05, 4.69) is 15.1 Å². The summed E-state index contributed by atoms with van der Waals surface area (Å²) in [7, 11) is 1.55. The lowest BCUT2D eigenvalue weighted by Crippen LogP contribution is -1.85. The fourth-order valence-electron chi connectivity index (χ4n) is 1.76. The Bertz CT molecular complexity index is 726. The van der Waals surface area contributed by atoms with Crippen LogP contribution in [0.5, 0.6) is 11.5 Å². The van der Waals surface area contributed by atoms with Gasteiger partial charge in [-0.3, -0.25) is 4.98 Å². The third-order valence-corrected chi connectivity index (χ3v) is 2.78. The predicted molar refractivity (Wildman–Crippen MR) is 71.2 cm³/mol. The Morgan fingerprint density at radius 1 is 1.25 bits per heavy atom. The molecule has 2 heterocycles. The summed E-state index contributed by atoms with van der Waals surface area (Å²) in [5.41, 5.74) is 1.16. The Kier molecular flexibility index (Phi) is 3.04. The van der Waals surface area contributed by atoms with Gasteiger partial charge in [0.1, 0.15) is 11.5 Å². The van der Waals surface area contributed by atoms with Crippen molar-refractivity contribution >= 4 is 0 Å². The fraction of sp³-hybridized carbons (Fsp3) is 0.0714. The molecule has 0 spiro atoms. The highest BCUT2D eigenvalue weighted by atomic mass is 16.5. The van der Waals surface area contributed by atoms with Gasteiger partial charge in [-0.15, -0.1) is 0 Å². The van der Waals surface area contributed by atoms with Crippen LogP contribution in [0.25, 0.3) is 22.8 Å². The summed E-state index contributed by atoms with van der Waals surface area (Å²) in [6.07, 6.45) is 3.30. The number of hydrogen-bond donors (Lipinski definition) is 1. The van der Waals surface area contributed by atoms with Gasteiger partial charge in [-0.1, -0.05) is 5.16 Å². The van der Waals surface area contributed by atoms with Gasteiger partial charge in [0.25, 0.3) is 5.89 Å². The summed E-state index contributed by atoms with van der Waals surface area (Å²) in [5.74, 6) is 1.28. The molecule has 6 heteroatoms. The van der Waals surface area contributed by atoms with Crippen LogP contribution in [0.15, 0.2) is 47.2 Å². The van der Waals surface area contributed by atoms with Crippen molar-refractivity contribution in [1.82, 2.24) is 15.1 Å². The molecule has 0 fully saturated rings. The molecule has 0 aliphatic heterocycles. The van der Waals surface area contributed by atoms with Crippen molar-refractivity contribution in [2.75, 3.05) is 7.11 Å². The lowest BCUT2D eigenvalue weighted by atomic mass is 10.2. The number of ether oxygens (including phenoxy) is 1. The second-order valence-corrected chi connectivity index (χ2v) is 4.05. The minimum atomic E-state index is 0.0483. The van der Waals surface area contributed by atoms with Crippen LogP contribution in [0.2, 0.25) is 0 Å². The van der Waals surface area contributed by atoms with Crippen molar-refractivity contribution < 1.29 is 14.4 Å². The zero-order chi connectivity index (χ0) is 13.9. The molecule has 2 aromatic heterocycles. The molecule has 100 valence electrons. The quantitative estimate of drug-likeness (QED) is 0.786. The molecule has 1 N–H and O–H groups in total. The summed E-state index contributed by atoms with van der Waals surface area (Å²) in [5, 5.41) is 13.7. The van der Waals surface area contributed by atoms with Crippen LogP contribution >= 0.6 is 0 Å². The van der Waals surface area contributed by atoms with Crippen LogP contribution in [-0.4, -0.2) is 27.3 Å². The minimum Gasteiger partial charge on any atom is -0.507 e. The number of phenols is 1. The van der Waals surface area contributed by atoms with Gasteiger partial charge in [-0.25, -0.2) is 0 Å². The van der Waals surface area contributed by atoms with E-state index in [1.54, 1.807) is 37.7 Å². The third-order valence-electron chi connectivity index (χ3n) is 2.78. The van der Waals surface area contributed by atoms with Crippen LogP contribution in [0.1, 0.15) is 0 Å². The Morgan fingerprint density at radius 2 is 2.15 bits per heavy atom. The van der Waals surface area contributed by atoms with E-state index in [0.717, 1.165) is 5.56 Å². The molecule has 3 rings (SSSR count). The van der Waals surface area contributed by atoms with Crippen molar-refractivity contribution in [3.8, 4) is 34.3 Å². The fourth-order valence-corrected chi connectivity index (χ4v) is 1.76. The van der Waals surface area contributed by atoms with E-state index in [9.17, 15) is 5.11 Å². The first-order chi connectivity index (χ1) is 9.78. The molecule has 0 atom stereocenters. The maximum absolute atomic E-state index is 9.87. The molecular formula is C14H11N3O3. The first-order valence-electron chi connectivity index (χ1n) is 5.89. The van der Waals surface area contributed by atoms with E-state index in [1.165, 1.54) is 6.07 Å². The molecule has 0 amide bonds. The number of aromatic hydroxyl groups is 1. The number of pyridine rings is 1. The Morgan fingerprint density at radius 3 is 2.90 bits per heavy atom. The number of rotatable bonds is 3. The van der Waals surface area contributed by atoms with Crippen LogP contribution in [0.3, 0.4) is 0 Å².